The SMILES string of the molecule is CSC1C(N)COCN1C. The predicted octanol–water partition coefficient (Wildman–Crippen LogP) is -0.0777. The first kappa shape index (κ1) is 8.33. The van der Waals surface area contributed by atoms with Gasteiger partial charge in [-0.25, -0.2) is 0 Å². The van der Waals surface area contributed by atoms with Crippen molar-refractivity contribution >= 4 is 11.8 Å². The highest BCUT2D eigenvalue weighted by Crippen LogP contribution is 2.17. The fourth-order valence-corrected chi connectivity index (χ4v) is 2.02. The van der Waals surface area contributed by atoms with Gasteiger partial charge in [0.05, 0.1) is 24.8 Å². The molecule has 1 rings (SSSR count). The highest BCUT2D eigenvalue weighted by atomic mass is 32.2. The summed E-state index contributed by atoms with van der Waals surface area (Å²) < 4.78 is 5.21. The zero-order valence-electron chi connectivity index (χ0n) is 6.41. The van der Waals surface area contributed by atoms with Gasteiger partial charge in [0.1, 0.15) is 0 Å². The van der Waals surface area contributed by atoms with Crippen LogP contribution in [0.5, 0.6) is 0 Å². The summed E-state index contributed by atoms with van der Waals surface area (Å²) in [5.74, 6) is 0. The van der Waals surface area contributed by atoms with Crippen LogP contribution in [0.25, 0.3) is 0 Å². The number of nitrogens with two attached hydrogens (primary N) is 1. The van der Waals surface area contributed by atoms with Gasteiger partial charge in [0.15, 0.2) is 0 Å². The van der Waals surface area contributed by atoms with Crippen LogP contribution in [0.4, 0.5) is 0 Å². The number of hydrogen-bond acceptors (Lipinski definition) is 4. The van der Waals surface area contributed by atoms with E-state index in [-0.39, 0.29) is 6.04 Å². The van der Waals surface area contributed by atoms with Crippen molar-refractivity contribution in [1.82, 2.24) is 4.90 Å². The molecule has 0 bridgehead atoms. The first-order valence-electron chi connectivity index (χ1n) is 3.32. The molecule has 2 atom stereocenters. The van der Waals surface area contributed by atoms with E-state index in [4.69, 9.17) is 10.5 Å². The normalized spacial score (nSPS) is 36.3. The number of thioether (sulfide) groups is 1. The van der Waals surface area contributed by atoms with Crippen LogP contribution in [-0.2, 0) is 4.74 Å². The Bertz CT molecular complexity index is 102. The predicted molar refractivity (Wildman–Crippen MR) is 43.9 cm³/mol. The number of hydrogen-bond donors (Lipinski definition) is 1. The Morgan fingerprint density at radius 1 is 1.70 bits per heavy atom. The van der Waals surface area contributed by atoms with Gasteiger partial charge in [-0.05, 0) is 13.3 Å². The molecule has 0 spiro atoms. The third-order valence-electron chi connectivity index (χ3n) is 1.65. The maximum absolute atomic E-state index is 5.79. The second-order valence-corrected chi connectivity index (χ2v) is 3.50. The zero-order valence-corrected chi connectivity index (χ0v) is 7.23. The lowest BCUT2D eigenvalue weighted by atomic mass is 10.3. The quantitative estimate of drug-likeness (QED) is 0.585. The zero-order chi connectivity index (χ0) is 7.56. The van der Waals surface area contributed by atoms with Crippen LogP contribution in [-0.4, -0.2) is 43.0 Å². The number of ether oxygens (including phenoxy) is 1. The Kier molecular flexibility index (Phi) is 2.97. The average Bonchev–Trinajstić information content (AvgIpc) is 1.88. The molecule has 0 aromatic heterocycles. The lowest BCUT2D eigenvalue weighted by molar-refractivity contribution is -0.0203. The van der Waals surface area contributed by atoms with Crippen LogP contribution in [0, 0.1) is 0 Å². The minimum Gasteiger partial charge on any atom is -0.364 e. The Hall–Kier alpha value is 0.230. The lowest BCUT2D eigenvalue weighted by Crippen LogP contribution is -2.51. The summed E-state index contributed by atoms with van der Waals surface area (Å²) in [4.78, 5) is 2.12. The molecule has 0 aromatic rings. The van der Waals surface area contributed by atoms with Crippen molar-refractivity contribution < 1.29 is 4.74 Å². The van der Waals surface area contributed by atoms with Crippen LogP contribution in [0.15, 0.2) is 0 Å². The van der Waals surface area contributed by atoms with Crippen LogP contribution in [0.3, 0.4) is 0 Å². The Balaban J connectivity index is 2.45. The average molecular weight is 162 g/mol. The van der Waals surface area contributed by atoms with Crippen molar-refractivity contribution in [2.45, 2.75) is 11.4 Å². The van der Waals surface area contributed by atoms with Crippen LogP contribution in [0.1, 0.15) is 0 Å². The van der Waals surface area contributed by atoms with Gasteiger partial charge >= 0.3 is 0 Å². The third-order valence-corrected chi connectivity index (χ3v) is 2.84. The van der Waals surface area contributed by atoms with E-state index in [2.05, 4.69) is 11.2 Å². The fourth-order valence-electron chi connectivity index (χ4n) is 1.17. The maximum Gasteiger partial charge on any atom is 0.0997 e. The van der Waals surface area contributed by atoms with E-state index in [0.29, 0.717) is 18.7 Å². The molecule has 10 heavy (non-hydrogen) atoms. The lowest BCUT2D eigenvalue weighted by Gasteiger charge is -2.35. The molecule has 0 aromatic carbocycles. The first-order valence-corrected chi connectivity index (χ1v) is 4.61. The van der Waals surface area contributed by atoms with Gasteiger partial charge in [-0.1, -0.05) is 0 Å². The summed E-state index contributed by atoms with van der Waals surface area (Å²) in [5.41, 5.74) is 5.79. The van der Waals surface area contributed by atoms with Crippen molar-refractivity contribution in [1.29, 1.82) is 0 Å². The first-order chi connectivity index (χ1) is 4.75. The molecule has 4 heteroatoms. The summed E-state index contributed by atoms with van der Waals surface area (Å²) >= 11 is 1.78. The highest BCUT2D eigenvalue weighted by Gasteiger charge is 2.25. The molecule has 0 amide bonds. The maximum atomic E-state index is 5.79. The van der Waals surface area contributed by atoms with E-state index in [9.17, 15) is 0 Å². The second kappa shape index (κ2) is 3.57. The number of likely N-dealkylation sites (N-methyl/N-ethyl adjacent to an activating group) is 1. The largest absolute Gasteiger partial charge is 0.364 e. The molecule has 2 unspecified atom stereocenters. The van der Waals surface area contributed by atoms with Gasteiger partial charge in [0, 0.05) is 0 Å². The topological polar surface area (TPSA) is 38.5 Å². The molecule has 2 N–H and O–H groups in total. The Morgan fingerprint density at radius 3 is 2.80 bits per heavy atom. The van der Waals surface area contributed by atoms with Crippen molar-refractivity contribution in [3.8, 4) is 0 Å². The molecule has 1 aliphatic heterocycles. The summed E-state index contributed by atoms with van der Waals surface area (Å²) in [5, 5.41) is 0.425. The van der Waals surface area contributed by atoms with Crippen LogP contribution >= 0.6 is 11.8 Å². The molecule has 0 radical (unpaired) electrons. The Morgan fingerprint density at radius 2 is 2.40 bits per heavy atom. The van der Waals surface area contributed by atoms with Crippen molar-refractivity contribution in [2.75, 3.05) is 26.6 Å². The van der Waals surface area contributed by atoms with Crippen LogP contribution in [0.2, 0.25) is 0 Å². The summed E-state index contributed by atoms with van der Waals surface area (Å²) in [6, 6.07) is 0.161. The van der Waals surface area contributed by atoms with Gasteiger partial charge in [-0.3, -0.25) is 4.90 Å². The summed E-state index contributed by atoms with van der Waals surface area (Å²) in [6.07, 6.45) is 2.08. The fraction of sp³-hybridized carbons (Fsp3) is 1.00. The van der Waals surface area contributed by atoms with E-state index >= 15 is 0 Å². The molecular weight excluding hydrogens is 148 g/mol. The molecule has 1 aliphatic rings. The monoisotopic (exact) mass is 162 g/mol. The van der Waals surface area contributed by atoms with E-state index < -0.39 is 0 Å². The molecule has 60 valence electrons. The van der Waals surface area contributed by atoms with E-state index in [1.165, 1.54) is 0 Å². The molecule has 0 saturated carbocycles. The molecule has 1 saturated heterocycles. The van der Waals surface area contributed by atoms with Gasteiger partial charge in [-0.2, -0.15) is 0 Å². The third kappa shape index (κ3) is 1.63. The molecule has 1 fully saturated rings. The van der Waals surface area contributed by atoms with Gasteiger partial charge in [0.2, 0.25) is 0 Å². The second-order valence-electron chi connectivity index (χ2n) is 2.55. The molecule has 1 heterocycles. The standard InChI is InChI=1S/C6H14N2OS/c1-8-4-9-3-5(7)6(8)10-2/h5-6H,3-4,7H2,1-2H3. The van der Waals surface area contributed by atoms with Crippen molar-refractivity contribution in [3.63, 3.8) is 0 Å². The smallest absolute Gasteiger partial charge is 0.0997 e. The molecule has 3 nitrogen and oxygen atoms in total. The minimum absolute atomic E-state index is 0.161. The number of nitrogens with zero attached hydrogens (tertiary/aromatic N) is 1. The van der Waals surface area contributed by atoms with Gasteiger partial charge < -0.3 is 10.5 Å². The summed E-state index contributed by atoms with van der Waals surface area (Å²) in [7, 11) is 2.03. The van der Waals surface area contributed by atoms with E-state index in [0.717, 1.165) is 0 Å². The van der Waals surface area contributed by atoms with Crippen molar-refractivity contribution in [2.24, 2.45) is 5.73 Å². The van der Waals surface area contributed by atoms with E-state index in [1.54, 1.807) is 11.8 Å². The van der Waals surface area contributed by atoms with Gasteiger partial charge in [-0.15, -0.1) is 11.8 Å². The van der Waals surface area contributed by atoms with Crippen molar-refractivity contribution in [3.05, 3.63) is 0 Å². The van der Waals surface area contributed by atoms with E-state index in [1.807, 2.05) is 7.05 Å². The Labute approximate surface area is 65.9 Å². The molecular formula is C6H14N2OS. The van der Waals surface area contributed by atoms with Crippen LogP contribution < -0.4 is 5.73 Å². The summed E-state index contributed by atoms with van der Waals surface area (Å²) in [6.45, 7) is 1.40. The molecule has 0 aliphatic carbocycles. The minimum atomic E-state index is 0.161. The van der Waals surface area contributed by atoms with Gasteiger partial charge in [0.25, 0.3) is 0 Å². The highest BCUT2D eigenvalue weighted by molar-refractivity contribution is 7.99. The number of rotatable bonds is 1.